The zero-order chi connectivity index (χ0) is 21.8. The van der Waals surface area contributed by atoms with Crippen molar-refractivity contribution in [3.8, 4) is 23.1 Å². The molecule has 0 aliphatic rings. The fourth-order valence-electron chi connectivity index (χ4n) is 2.80. The third kappa shape index (κ3) is 4.36. The lowest BCUT2D eigenvalue weighted by Crippen LogP contribution is -2.04. The Morgan fingerprint density at radius 1 is 1.03 bits per heavy atom. The van der Waals surface area contributed by atoms with Crippen LogP contribution in [0, 0.1) is 24.0 Å². The molecule has 1 heterocycles. The number of nitrogens with zero attached hydrogens (tertiary/aromatic N) is 3. The van der Waals surface area contributed by atoms with E-state index in [1.54, 1.807) is 30.3 Å². The Morgan fingerprint density at radius 3 is 2.33 bits per heavy atom. The molecule has 0 amide bonds. The second-order valence-electron chi connectivity index (χ2n) is 6.30. The normalized spacial score (nSPS) is 10.4. The van der Waals surface area contributed by atoms with Crippen LogP contribution in [-0.4, -0.2) is 29.1 Å². The van der Waals surface area contributed by atoms with E-state index in [0.29, 0.717) is 28.0 Å². The van der Waals surface area contributed by atoms with E-state index >= 15 is 0 Å². The number of nitrogens with one attached hydrogen (secondary N) is 1. The summed E-state index contributed by atoms with van der Waals surface area (Å²) in [6.45, 7) is 3.64. The Labute approximate surface area is 177 Å². The molecule has 0 atom stereocenters. The molecule has 0 aliphatic heterocycles. The molecule has 1 N–H and O–H groups in total. The molecular weight excluding hydrogens is 412 g/mol. The van der Waals surface area contributed by atoms with Gasteiger partial charge in [0.05, 0.1) is 24.8 Å². The number of aromatic nitrogens is 2. The molecular formula is C20H19ClN4O5. The number of hydrogen-bond acceptors (Lipinski definition) is 8. The molecule has 10 heteroatoms. The Morgan fingerprint density at radius 2 is 1.73 bits per heavy atom. The highest BCUT2D eigenvalue weighted by atomic mass is 35.5. The summed E-state index contributed by atoms with van der Waals surface area (Å²) in [6, 6.07) is 8.36. The van der Waals surface area contributed by atoms with Crippen LogP contribution in [0.4, 0.5) is 17.2 Å². The lowest BCUT2D eigenvalue weighted by atomic mass is 10.1. The molecule has 30 heavy (non-hydrogen) atoms. The summed E-state index contributed by atoms with van der Waals surface area (Å²) in [7, 11) is 3.01. The number of methoxy groups -OCH3 is 2. The minimum absolute atomic E-state index is 0.0455. The Balaban J connectivity index is 2.01. The van der Waals surface area contributed by atoms with Crippen LogP contribution in [0.1, 0.15) is 11.1 Å². The average Bonchev–Trinajstić information content (AvgIpc) is 2.72. The standard InChI is InChI=1S/C20H19ClN4O5/c1-11-7-14(8-12(2)17(11)21)30-20-18(25(26)27)19(22-10-23-20)24-15-6-5-13(28-3)9-16(15)29-4/h5-10H,1-4H3,(H,22,23,24). The lowest BCUT2D eigenvalue weighted by molar-refractivity contribution is -0.385. The van der Waals surface area contributed by atoms with Gasteiger partial charge in [-0.25, -0.2) is 4.98 Å². The number of halogens is 1. The van der Waals surface area contributed by atoms with Crippen LogP contribution < -0.4 is 19.5 Å². The molecule has 3 rings (SSSR count). The molecule has 3 aromatic rings. The summed E-state index contributed by atoms with van der Waals surface area (Å²) >= 11 is 6.18. The van der Waals surface area contributed by atoms with Crippen molar-refractivity contribution in [3.05, 3.63) is 62.9 Å². The third-order valence-corrected chi connectivity index (χ3v) is 4.85. The predicted molar refractivity (Wildman–Crippen MR) is 113 cm³/mol. The highest BCUT2D eigenvalue weighted by Crippen LogP contribution is 2.39. The van der Waals surface area contributed by atoms with Gasteiger partial charge in [0.2, 0.25) is 5.82 Å². The van der Waals surface area contributed by atoms with E-state index in [1.165, 1.54) is 20.5 Å². The third-order valence-electron chi connectivity index (χ3n) is 4.26. The molecule has 0 saturated carbocycles. The second-order valence-corrected chi connectivity index (χ2v) is 6.68. The van der Waals surface area contributed by atoms with Crippen LogP contribution in [0.25, 0.3) is 0 Å². The number of benzene rings is 2. The summed E-state index contributed by atoms with van der Waals surface area (Å²) in [5.41, 5.74) is 1.61. The van der Waals surface area contributed by atoms with Crippen molar-refractivity contribution in [1.29, 1.82) is 0 Å². The van der Waals surface area contributed by atoms with Crippen molar-refractivity contribution in [2.75, 3.05) is 19.5 Å². The van der Waals surface area contributed by atoms with Gasteiger partial charge in [-0.1, -0.05) is 11.6 Å². The Hall–Kier alpha value is -3.59. The van der Waals surface area contributed by atoms with E-state index in [4.69, 9.17) is 25.8 Å². The summed E-state index contributed by atoms with van der Waals surface area (Å²) in [5, 5.41) is 15.3. The molecule has 0 radical (unpaired) electrons. The van der Waals surface area contributed by atoms with Crippen LogP contribution in [0.15, 0.2) is 36.7 Å². The van der Waals surface area contributed by atoms with Crippen molar-refractivity contribution < 1.29 is 19.1 Å². The molecule has 2 aromatic carbocycles. The molecule has 0 fully saturated rings. The average molecular weight is 431 g/mol. The van der Waals surface area contributed by atoms with E-state index in [0.717, 1.165) is 11.1 Å². The summed E-state index contributed by atoms with van der Waals surface area (Å²) in [4.78, 5) is 19.2. The van der Waals surface area contributed by atoms with Crippen molar-refractivity contribution in [1.82, 2.24) is 9.97 Å². The van der Waals surface area contributed by atoms with Crippen LogP contribution >= 0.6 is 11.6 Å². The van der Waals surface area contributed by atoms with E-state index in [-0.39, 0.29) is 11.7 Å². The maximum absolute atomic E-state index is 11.8. The van der Waals surface area contributed by atoms with Gasteiger partial charge in [0, 0.05) is 11.1 Å². The highest BCUT2D eigenvalue weighted by Gasteiger charge is 2.26. The lowest BCUT2D eigenvalue weighted by Gasteiger charge is -2.13. The van der Waals surface area contributed by atoms with Gasteiger partial charge in [0.15, 0.2) is 0 Å². The molecule has 1 aromatic heterocycles. The van der Waals surface area contributed by atoms with Gasteiger partial charge in [-0.05, 0) is 49.2 Å². The van der Waals surface area contributed by atoms with E-state index in [1.807, 2.05) is 13.8 Å². The highest BCUT2D eigenvalue weighted by molar-refractivity contribution is 6.32. The fourth-order valence-corrected chi connectivity index (χ4v) is 2.91. The number of hydrogen-bond donors (Lipinski definition) is 1. The van der Waals surface area contributed by atoms with Crippen LogP contribution in [0.5, 0.6) is 23.1 Å². The number of ether oxygens (including phenoxy) is 3. The van der Waals surface area contributed by atoms with E-state index in [2.05, 4.69) is 15.3 Å². The quantitative estimate of drug-likeness (QED) is 0.402. The summed E-state index contributed by atoms with van der Waals surface area (Å²) in [5.74, 6) is 1.13. The molecule has 0 spiro atoms. The van der Waals surface area contributed by atoms with Gasteiger partial charge in [-0.15, -0.1) is 0 Å². The maximum atomic E-state index is 11.8. The first-order valence-electron chi connectivity index (χ1n) is 8.77. The zero-order valence-electron chi connectivity index (χ0n) is 16.7. The molecule has 0 unspecified atom stereocenters. The van der Waals surface area contributed by atoms with Gasteiger partial charge in [0.1, 0.15) is 23.6 Å². The number of rotatable bonds is 7. The molecule has 0 aliphatic carbocycles. The first kappa shape index (κ1) is 21.1. The van der Waals surface area contributed by atoms with Crippen LogP contribution in [-0.2, 0) is 0 Å². The topological polar surface area (TPSA) is 109 Å². The first-order valence-corrected chi connectivity index (χ1v) is 9.15. The van der Waals surface area contributed by atoms with E-state index in [9.17, 15) is 10.1 Å². The predicted octanol–water partition coefficient (Wildman–Crippen LogP) is 5.21. The van der Waals surface area contributed by atoms with Crippen LogP contribution in [0.2, 0.25) is 5.02 Å². The molecule has 0 saturated heterocycles. The fraction of sp³-hybridized carbons (Fsp3) is 0.200. The van der Waals surface area contributed by atoms with Gasteiger partial charge in [0.25, 0.3) is 0 Å². The summed E-state index contributed by atoms with van der Waals surface area (Å²) in [6.07, 6.45) is 1.18. The molecule has 9 nitrogen and oxygen atoms in total. The van der Waals surface area contributed by atoms with Gasteiger partial charge < -0.3 is 19.5 Å². The van der Waals surface area contributed by atoms with Gasteiger partial charge >= 0.3 is 11.6 Å². The monoisotopic (exact) mass is 430 g/mol. The number of anilines is 2. The zero-order valence-corrected chi connectivity index (χ0v) is 17.5. The van der Waals surface area contributed by atoms with Gasteiger partial charge in [-0.2, -0.15) is 4.98 Å². The van der Waals surface area contributed by atoms with Crippen molar-refractivity contribution in [2.45, 2.75) is 13.8 Å². The molecule has 156 valence electrons. The summed E-state index contributed by atoms with van der Waals surface area (Å²) < 4.78 is 16.2. The maximum Gasteiger partial charge on any atom is 0.373 e. The first-order chi connectivity index (χ1) is 14.3. The van der Waals surface area contributed by atoms with Crippen molar-refractivity contribution >= 4 is 28.8 Å². The number of nitro groups is 1. The second kappa shape index (κ2) is 8.83. The Bertz CT molecular complexity index is 1080. The SMILES string of the molecule is COc1ccc(Nc2ncnc(Oc3cc(C)c(Cl)c(C)c3)c2[N+](=O)[O-])c(OC)c1. The van der Waals surface area contributed by atoms with Crippen LogP contribution in [0.3, 0.4) is 0 Å². The number of aryl methyl sites for hydroxylation is 2. The van der Waals surface area contributed by atoms with E-state index < -0.39 is 10.6 Å². The smallest absolute Gasteiger partial charge is 0.373 e. The van der Waals surface area contributed by atoms with Gasteiger partial charge in [-0.3, -0.25) is 10.1 Å². The largest absolute Gasteiger partial charge is 0.497 e. The van der Waals surface area contributed by atoms with Crippen molar-refractivity contribution in [2.24, 2.45) is 0 Å². The minimum atomic E-state index is -0.608. The minimum Gasteiger partial charge on any atom is -0.497 e. The Kier molecular flexibility index (Phi) is 6.22. The van der Waals surface area contributed by atoms with Crippen molar-refractivity contribution in [3.63, 3.8) is 0 Å². The molecule has 0 bridgehead atoms.